The molecular weight excluding hydrogens is 322 g/mol. The smallest absolute Gasteiger partial charge is 0.222 e. The molecule has 0 amide bonds. The normalized spacial score (nSPS) is 12.1. The molecule has 1 unspecified atom stereocenters. The molecule has 0 aliphatic carbocycles. The van der Waals surface area contributed by atoms with Crippen LogP contribution in [-0.4, -0.2) is 48.2 Å². The zero-order valence-electron chi connectivity index (χ0n) is 13.8. The van der Waals surface area contributed by atoms with Crippen molar-refractivity contribution in [2.45, 2.75) is 26.3 Å². The van der Waals surface area contributed by atoms with Crippen molar-refractivity contribution in [3.05, 3.63) is 48.3 Å². The van der Waals surface area contributed by atoms with Crippen molar-refractivity contribution in [2.75, 3.05) is 11.9 Å². The molecule has 0 aliphatic heterocycles. The summed E-state index contributed by atoms with van der Waals surface area (Å²) >= 11 is 0. The van der Waals surface area contributed by atoms with Gasteiger partial charge < -0.3 is 15.2 Å². The quantitative estimate of drug-likeness (QED) is 0.586. The van der Waals surface area contributed by atoms with Crippen molar-refractivity contribution < 1.29 is 9.84 Å². The minimum Gasteiger partial charge on any atom is -0.366 e. The van der Waals surface area contributed by atoms with Crippen LogP contribution >= 0.6 is 0 Å². The molecule has 0 radical (unpaired) electrons. The molecule has 9 heteroatoms. The molecule has 3 rings (SSSR count). The number of aliphatic hydroxyl groups is 1. The predicted molar refractivity (Wildman–Crippen MR) is 90.2 cm³/mol. The second-order valence-corrected chi connectivity index (χ2v) is 5.21. The fourth-order valence-corrected chi connectivity index (χ4v) is 2.13. The third-order valence-corrected chi connectivity index (χ3v) is 3.33. The van der Waals surface area contributed by atoms with E-state index in [0.717, 1.165) is 5.56 Å². The van der Waals surface area contributed by atoms with Gasteiger partial charge in [0.15, 0.2) is 6.29 Å². The molecule has 0 saturated heterocycles. The first-order chi connectivity index (χ1) is 12.2. The molecule has 130 valence electrons. The molecule has 1 atom stereocenters. The number of nitrogens with zero attached hydrogens (tertiary/aromatic N) is 6. The van der Waals surface area contributed by atoms with Gasteiger partial charge in [-0.25, -0.2) is 9.97 Å². The molecule has 0 saturated carbocycles. The van der Waals surface area contributed by atoms with E-state index in [1.54, 1.807) is 19.3 Å². The Morgan fingerprint density at radius 2 is 1.96 bits per heavy atom. The first kappa shape index (κ1) is 16.9. The Hall–Kier alpha value is -2.91. The molecule has 0 fully saturated rings. The van der Waals surface area contributed by atoms with Crippen molar-refractivity contribution in [2.24, 2.45) is 0 Å². The molecule has 3 aromatic rings. The van der Waals surface area contributed by atoms with Crippen LogP contribution in [0.15, 0.2) is 42.7 Å². The van der Waals surface area contributed by atoms with E-state index in [9.17, 15) is 5.11 Å². The third kappa shape index (κ3) is 4.78. The highest BCUT2D eigenvalue weighted by molar-refractivity contribution is 5.51. The summed E-state index contributed by atoms with van der Waals surface area (Å²) in [6.07, 6.45) is 2.29. The van der Waals surface area contributed by atoms with Crippen LogP contribution in [-0.2, 0) is 17.8 Å². The lowest BCUT2D eigenvalue weighted by atomic mass is 10.2. The number of rotatable bonds is 8. The van der Waals surface area contributed by atoms with E-state index in [0.29, 0.717) is 30.5 Å². The summed E-state index contributed by atoms with van der Waals surface area (Å²) in [6, 6.07) is 10.00. The van der Waals surface area contributed by atoms with Crippen LogP contribution in [0.2, 0.25) is 0 Å². The summed E-state index contributed by atoms with van der Waals surface area (Å²) < 4.78 is 5.03. The Kier molecular flexibility index (Phi) is 5.60. The van der Waals surface area contributed by atoms with Gasteiger partial charge in [0.25, 0.3) is 0 Å². The third-order valence-electron chi connectivity index (χ3n) is 3.33. The van der Waals surface area contributed by atoms with Crippen LogP contribution in [0, 0.1) is 0 Å². The van der Waals surface area contributed by atoms with Gasteiger partial charge in [0.2, 0.25) is 11.8 Å². The SMILES string of the molecule is CCOC(O)Cn1nnc(-c2cnc(NCc3ccccc3)nc2)n1. The number of nitrogens with one attached hydrogen (secondary N) is 1. The highest BCUT2D eigenvalue weighted by Crippen LogP contribution is 2.12. The van der Waals surface area contributed by atoms with Gasteiger partial charge >= 0.3 is 0 Å². The largest absolute Gasteiger partial charge is 0.366 e. The topological polar surface area (TPSA) is 111 Å². The molecule has 0 aliphatic rings. The molecule has 1 aromatic carbocycles. The summed E-state index contributed by atoms with van der Waals surface area (Å²) in [5.41, 5.74) is 1.79. The van der Waals surface area contributed by atoms with Crippen molar-refractivity contribution in [3.8, 4) is 11.4 Å². The van der Waals surface area contributed by atoms with Crippen molar-refractivity contribution >= 4 is 5.95 Å². The highest BCUT2D eigenvalue weighted by Gasteiger charge is 2.11. The lowest BCUT2D eigenvalue weighted by Gasteiger charge is -2.07. The van der Waals surface area contributed by atoms with E-state index in [1.807, 2.05) is 30.3 Å². The minimum absolute atomic E-state index is 0.110. The first-order valence-electron chi connectivity index (χ1n) is 7.92. The zero-order valence-corrected chi connectivity index (χ0v) is 13.8. The fraction of sp³-hybridized carbons (Fsp3) is 0.312. The van der Waals surface area contributed by atoms with Gasteiger partial charge in [-0.15, -0.1) is 10.2 Å². The molecule has 2 aromatic heterocycles. The lowest BCUT2D eigenvalue weighted by Crippen LogP contribution is -2.21. The average Bonchev–Trinajstić information content (AvgIpc) is 3.10. The first-order valence-corrected chi connectivity index (χ1v) is 7.92. The fourth-order valence-electron chi connectivity index (χ4n) is 2.13. The molecule has 2 heterocycles. The Morgan fingerprint density at radius 1 is 1.20 bits per heavy atom. The van der Waals surface area contributed by atoms with Crippen molar-refractivity contribution in [3.63, 3.8) is 0 Å². The summed E-state index contributed by atoms with van der Waals surface area (Å²) in [7, 11) is 0. The number of ether oxygens (including phenoxy) is 1. The molecule has 2 N–H and O–H groups in total. The van der Waals surface area contributed by atoms with Crippen LogP contribution < -0.4 is 5.32 Å². The maximum atomic E-state index is 9.59. The van der Waals surface area contributed by atoms with E-state index < -0.39 is 6.29 Å². The van der Waals surface area contributed by atoms with Crippen LogP contribution in [0.25, 0.3) is 11.4 Å². The van der Waals surface area contributed by atoms with E-state index >= 15 is 0 Å². The summed E-state index contributed by atoms with van der Waals surface area (Å²) in [6.45, 7) is 2.96. The Bertz CT molecular complexity index is 777. The number of aliphatic hydroxyl groups excluding tert-OH is 1. The Labute approximate surface area is 144 Å². The summed E-state index contributed by atoms with van der Waals surface area (Å²) in [5, 5.41) is 24.7. The van der Waals surface area contributed by atoms with Gasteiger partial charge in [0, 0.05) is 25.5 Å². The van der Waals surface area contributed by atoms with Gasteiger partial charge in [-0.3, -0.25) is 0 Å². The number of aromatic nitrogens is 6. The molecule has 25 heavy (non-hydrogen) atoms. The molecular formula is C16H19N7O2. The number of hydrogen-bond acceptors (Lipinski definition) is 8. The second-order valence-electron chi connectivity index (χ2n) is 5.21. The van der Waals surface area contributed by atoms with Crippen molar-refractivity contribution in [1.82, 2.24) is 30.2 Å². The van der Waals surface area contributed by atoms with Crippen LogP contribution in [0.3, 0.4) is 0 Å². The molecule has 0 bridgehead atoms. The van der Waals surface area contributed by atoms with Crippen LogP contribution in [0.4, 0.5) is 5.95 Å². The van der Waals surface area contributed by atoms with Gasteiger partial charge in [-0.05, 0) is 17.7 Å². The Balaban J connectivity index is 1.59. The van der Waals surface area contributed by atoms with Crippen LogP contribution in [0.5, 0.6) is 0 Å². The molecule has 9 nitrogen and oxygen atoms in total. The highest BCUT2D eigenvalue weighted by atomic mass is 16.6. The van der Waals surface area contributed by atoms with Gasteiger partial charge in [-0.1, -0.05) is 30.3 Å². The van der Waals surface area contributed by atoms with E-state index in [2.05, 4.69) is 30.7 Å². The number of hydrogen-bond donors (Lipinski definition) is 2. The van der Waals surface area contributed by atoms with Crippen molar-refractivity contribution in [1.29, 1.82) is 0 Å². The minimum atomic E-state index is -0.965. The average molecular weight is 341 g/mol. The maximum absolute atomic E-state index is 9.59. The summed E-state index contributed by atoms with van der Waals surface area (Å²) in [4.78, 5) is 9.79. The number of benzene rings is 1. The van der Waals surface area contributed by atoms with Crippen LogP contribution in [0.1, 0.15) is 12.5 Å². The monoisotopic (exact) mass is 341 g/mol. The zero-order chi connectivity index (χ0) is 17.5. The number of anilines is 1. The summed E-state index contributed by atoms with van der Waals surface area (Å²) in [5.74, 6) is 0.907. The van der Waals surface area contributed by atoms with E-state index in [1.165, 1.54) is 4.80 Å². The van der Waals surface area contributed by atoms with E-state index in [4.69, 9.17) is 4.74 Å². The molecule has 0 spiro atoms. The van der Waals surface area contributed by atoms with E-state index in [-0.39, 0.29) is 6.54 Å². The van der Waals surface area contributed by atoms with Gasteiger partial charge in [0.05, 0.1) is 5.56 Å². The second kappa shape index (κ2) is 8.27. The lowest BCUT2D eigenvalue weighted by molar-refractivity contribution is -0.107. The van der Waals surface area contributed by atoms with Gasteiger partial charge in [0.1, 0.15) is 6.54 Å². The Morgan fingerprint density at radius 3 is 2.68 bits per heavy atom. The van der Waals surface area contributed by atoms with Gasteiger partial charge in [-0.2, -0.15) is 4.80 Å². The predicted octanol–water partition coefficient (Wildman–Crippen LogP) is 1.10. The maximum Gasteiger partial charge on any atom is 0.222 e. The standard InChI is InChI=1S/C16H19N7O2/c1-2-25-14(24)11-23-21-15(20-22-23)13-9-18-16(19-10-13)17-8-12-6-4-3-5-7-12/h3-7,9-10,14,24H,2,8,11H2,1H3,(H,17,18,19). The number of tetrazole rings is 1.